The third-order valence-electron chi connectivity index (χ3n) is 5.24. The summed E-state index contributed by atoms with van der Waals surface area (Å²) in [6.07, 6.45) is 8.13. The van der Waals surface area contributed by atoms with Gasteiger partial charge in [-0.05, 0) is 31.2 Å². The Bertz CT molecular complexity index is 1390. The van der Waals surface area contributed by atoms with E-state index in [1.807, 2.05) is 19.1 Å². The van der Waals surface area contributed by atoms with E-state index < -0.39 is 0 Å². The van der Waals surface area contributed by atoms with Crippen molar-refractivity contribution in [2.75, 3.05) is 0 Å². The third-order valence-corrected chi connectivity index (χ3v) is 5.24. The first kappa shape index (κ1) is 15.7. The Labute approximate surface area is 157 Å². The van der Waals surface area contributed by atoms with E-state index in [1.54, 1.807) is 0 Å². The van der Waals surface area contributed by atoms with Crippen LogP contribution in [0.4, 0.5) is 0 Å². The molecule has 5 aromatic rings. The molecule has 2 heterocycles. The van der Waals surface area contributed by atoms with Crippen LogP contribution in [0, 0.1) is 0 Å². The summed E-state index contributed by atoms with van der Waals surface area (Å²) < 4.78 is 2.31. The van der Waals surface area contributed by atoms with Crippen molar-refractivity contribution < 1.29 is 0 Å². The average molecular weight is 348 g/mol. The summed E-state index contributed by atoms with van der Waals surface area (Å²) in [7, 11) is 0. The zero-order valence-corrected chi connectivity index (χ0v) is 15.2. The number of allylic oxidation sites excluding steroid dienone is 5. The lowest BCUT2D eigenvalue weighted by Gasteiger charge is -2.09. The van der Waals surface area contributed by atoms with Crippen molar-refractivity contribution in [3.63, 3.8) is 0 Å². The number of para-hydroxylation sites is 2. The van der Waals surface area contributed by atoms with Crippen LogP contribution in [0.1, 0.15) is 6.92 Å². The molecule has 130 valence electrons. The van der Waals surface area contributed by atoms with Crippen LogP contribution < -0.4 is 0 Å². The van der Waals surface area contributed by atoms with E-state index in [0.29, 0.717) is 0 Å². The molecule has 2 aromatic heterocycles. The fourth-order valence-corrected chi connectivity index (χ4v) is 4.07. The maximum atomic E-state index is 4.07. The van der Waals surface area contributed by atoms with Crippen molar-refractivity contribution in [1.29, 1.82) is 0 Å². The zero-order chi connectivity index (χ0) is 18.4. The van der Waals surface area contributed by atoms with Crippen molar-refractivity contribution in [3.8, 4) is 0 Å². The Balaban J connectivity index is 2.05. The van der Waals surface area contributed by atoms with Crippen molar-refractivity contribution in [2.24, 2.45) is 0 Å². The normalized spacial score (nSPS) is 12.9. The van der Waals surface area contributed by atoms with Gasteiger partial charge in [-0.2, -0.15) is 0 Å². The standard InChI is InChI=1S/C25H20N2/c1-3-5-10-17(4-2)27-23-14-9-7-12-19(23)21-16-15-20-18-11-6-8-13-22(18)26-24(20)25(21)27/h3-16,26H,2H2,1H3/b5-3-,17-10+. The molecule has 3 aromatic carbocycles. The number of benzene rings is 3. The highest BCUT2D eigenvalue weighted by molar-refractivity contribution is 6.23. The molecule has 0 radical (unpaired) electrons. The number of aromatic amines is 1. The van der Waals surface area contributed by atoms with E-state index >= 15 is 0 Å². The van der Waals surface area contributed by atoms with Crippen LogP contribution in [0.25, 0.3) is 49.3 Å². The third kappa shape index (κ3) is 2.20. The summed E-state index contributed by atoms with van der Waals surface area (Å²) in [5.74, 6) is 0. The number of aromatic nitrogens is 2. The lowest BCUT2D eigenvalue weighted by molar-refractivity contribution is 1.24. The Hall–Kier alpha value is -3.52. The SMILES string of the molecule is C=C/C(=C\C=C/C)n1c2ccccc2c2ccc3c4ccccc4[nH]c3c21. The van der Waals surface area contributed by atoms with Crippen molar-refractivity contribution in [3.05, 3.63) is 91.5 Å². The fraction of sp³-hybridized carbons (Fsp3) is 0.0400. The van der Waals surface area contributed by atoms with Gasteiger partial charge >= 0.3 is 0 Å². The summed E-state index contributed by atoms with van der Waals surface area (Å²) in [5, 5.41) is 5.00. The Morgan fingerprint density at radius 2 is 1.63 bits per heavy atom. The van der Waals surface area contributed by atoms with Gasteiger partial charge < -0.3 is 9.55 Å². The first-order valence-electron chi connectivity index (χ1n) is 9.22. The smallest absolute Gasteiger partial charge is 0.0783 e. The molecule has 0 spiro atoms. The van der Waals surface area contributed by atoms with Gasteiger partial charge in [-0.15, -0.1) is 0 Å². The van der Waals surface area contributed by atoms with E-state index in [0.717, 1.165) is 16.7 Å². The second kappa shape index (κ2) is 6.03. The van der Waals surface area contributed by atoms with Crippen LogP contribution in [-0.4, -0.2) is 9.55 Å². The molecule has 27 heavy (non-hydrogen) atoms. The second-order valence-corrected chi connectivity index (χ2v) is 6.73. The molecule has 0 atom stereocenters. The first-order chi connectivity index (χ1) is 13.3. The summed E-state index contributed by atoms with van der Waals surface area (Å²) in [6.45, 7) is 6.10. The molecule has 0 aliphatic carbocycles. The zero-order valence-electron chi connectivity index (χ0n) is 15.2. The van der Waals surface area contributed by atoms with Crippen LogP contribution in [0.5, 0.6) is 0 Å². The molecule has 0 amide bonds. The quantitative estimate of drug-likeness (QED) is 0.338. The maximum absolute atomic E-state index is 4.07. The topological polar surface area (TPSA) is 20.7 Å². The molecular formula is C25H20N2. The molecule has 0 bridgehead atoms. The number of hydrogen-bond donors (Lipinski definition) is 1. The number of nitrogens with zero attached hydrogens (tertiary/aromatic N) is 1. The van der Waals surface area contributed by atoms with Gasteiger partial charge in [0.05, 0.1) is 16.6 Å². The predicted octanol–water partition coefficient (Wildman–Crippen LogP) is 7.03. The second-order valence-electron chi connectivity index (χ2n) is 6.73. The van der Waals surface area contributed by atoms with Crippen LogP contribution in [-0.2, 0) is 0 Å². The van der Waals surface area contributed by atoms with Gasteiger partial charge in [0.25, 0.3) is 0 Å². The van der Waals surface area contributed by atoms with E-state index in [-0.39, 0.29) is 0 Å². The van der Waals surface area contributed by atoms with E-state index in [4.69, 9.17) is 0 Å². The number of rotatable bonds is 3. The molecule has 0 saturated heterocycles. The lowest BCUT2D eigenvalue weighted by Crippen LogP contribution is -1.94. The Morgan fingerprint density at radius 1 is 0.889 bits per heavy atom. The van der Waals surface area contributed by atoms with Gasteiger partial charge in [0, 0.05) is 32.8 Å². The molecule has 5 rings (SSSR count). The summed E-state index contributed by atoms with van der Waals surface area (Å²) >= 11 is 0. The van der Waals surface area contributed by atoms with Crippen molar-refractivity contribution in [1.82, 2.24) is 9.55 Å². The molecule has 1 N–H and O–H groups in total. The van der Waals surface area contributed by atoms with E-state index in [1.165, 1.54) is 32.6 Å². The van der Waals surface area contributed by atoms with E-state index in [9.17, 15) is 0 Å². The van der Waals surface area contributed by atoms with Crippen LogP contribution in [0.15, 0.2) is 91.5 Å². The number of hydrogen-bond acceptors (Lipinski definition) is 0. The molecular weight excluding hydrogens is 328 g/mol. The highest BCUT2D eigenvalue weighted by Crippen LogP contribution is 2.38. The molecule has 0 aliphatic heterocycles. The summed E-state index contributed by atoms with van der Waals surface area (Å²) in [6, 6.07) is 21.5. The summed E-state index contributed by atoms with van der Waals surface area (Å²) in [5.41, 5.74) is 5.77. The van der Waals surface area contributed by atoms with Crippen molar-refractivity contribution in [2.45, 2.75) is 6.92 Å². The van der Waals surface area contributed by atoms with Gasteiger partial charge in [0.1, 0.15) is 0 Å². The van der Waals surface area contributed by atoms with Crippen LogP contribution >= 0.6 is 0 Å². The predicted molar refractivity (Wildman–Crippen MR) is 118 cm³/mol. The fourth-order valence-electron chi connectivity index (χ4n) is 4.07. The Morgan fingerprint density at radius 3 is 2.44 bits per heavy atom. The van der Waals surface area contributed by atoms with Gasteiger partial charge in [0.15, 0.2) is 0 Å². The average Bonchev–Trinajstić information content (AvgIpc) is 3.25. The molecule has 0 aliphatic rings. The van der Waals surface area contributed by atoms with Crippen LogP contribution in [0.2, 0.25) is 0 Å². The minimum absolute atomic E-state index is 1.06. The minimum Gasteiger partial charge on any atom is -0.353 e. The van der Waals surface area contributed by atoms with Gasteiger partial charge in [-0.3, -0.25) is 0 Å². The Kier molecular flexibility index (Phi) is 3.51. The molecule has 0 saturated carbocycles. The molecule has 0 fully saturated rings. The minimum atomic E-state index is 1.06. The molecule has 0 unspecified atom stereocenters. The lowest BCUT2D eigenvalue weighted by atomic mass is 10.1. The van der Waals surface area contributed by atoms with Crippen LogP contribution in [0.3, 0.4) is 0 Å². The van der Waals surface area contributed by atoms with Gasteiger partial charge in [-0.1, -0.05) is 67.3 Å². The van der Waals surface area contributed by atoms with Gasteiger partial charge in [-0.25, -0.2) is 0 Å². The number of fused-ring (bicyclic) bond motifs is 7. The number of nitrogens with one attached hydrogen (secondary N) is 1. The van der Waals surface area contributed by atoms with Crippen molar-refractivity contribution >= 4 is 49.3 Å². The molecule has 2 heteroatoms. The maximum Gasteiger partial charge on any atom is 0.0783 e. The molecule has 2 nitrogen and oxygen atoms in total. The first-order valence-corrected chi connectivity index (χ1v) is 9.22. The highest BCUT2D eigenvalue weighted by Gasteiger charge is 2.16. The van der Waals surface area contributed by atoms with E-state index in [2.05, 4.69) is 88.9 Å². The largest absolute Gasteiger partial charge is 0.353 e. The number of H-pyrrole nitrogens is 1. The summed E-state index contributed by atoms with van der Waals surface area (Å²) in [4.78, 5) is 3.66. The highest BCUT2D eigenvalue weighted by atomic mass is 15.0. The van der Waals surface area contributed by atoms with Gasteiger partial charge in [0.2, 0.25) is 0 Å². The monoisotopic (exact) mass is 348 g/mol.